The van der Waals surface area contributed by atoms with Crippen LogP contribution in [0.3, 0.4) is 0 Å². The van der Waals surface area contributed by atoms with E-state index in [1.54, 1.807) is 0 Å². The van der Waals surface area contributed by atoms with Crippen LogP contribution in [0.1, 0.15) is 48.0 Å². The topological polar surface area (TPSA) is 35.2 Å². The molecule has 0 aromatic carbocycles. The predicted octanol–water partition coefficient (Wildman–Crippen LogP) is 2.56. The molecule has 0 amide bonds. The molecule has 0 radical (unpaired) electrons. The van der Waals surface area contributed by atoms with Crippen LogP contribution in [0.4, 0.5) is 0 Å². The summed E-state index contributed by atoms with van der Waals surface area (Å²) >= 11 is 0. The summed E-state index contributed by atoms with van der Waals surface area (Å²) in [5, 5.41) is 0. The normalized spacial score (nSPS) is 17.5. The fourth-order valence-electron chi connectivity index (χ4n) is 1.38. The van der Waals surface area contributed by atoms with Crippen molar-refractivity contribution in [3.63, 3.8) is 0 Å². The molecule has 0 saturated carbocycles. The van der Waals surface area contributed by atoms with E-state index in [0.29, 0.717) is 5.92 Å². The second kappa shape index (κ2) is 4.97. The van der Waals surface area contributed by atoms with Crippen LogP contribution in [0.5, 0.6) is 0 Å². The highest BCUT2D eigenvalue weighted by molar-refractivity contribution is 4.74. The summed E-state index contributed by atoms with van der Waals surface area (Å²) in [6.07, 6.45) is 1.17. The van der Waals surface area contributed by atoms with Crippen molar-refractivity contribution in [2.75, 3.05) is 0 Å². The highest BCUT2D eigenvalue weighted by Crippen LogP contribution is 2.15. The van der Waals surface area contributed by atoms with E-state index >= 15 is 0 Å². The molecule has 0 aromatic rings. The first-order valence-corrected chi connectivity index (χ1v) is 5.16. The molecule has 2 heteroatoms. The van der Waals surface area contributed by atoms with E-state index < -0.39 is 0 Å². The molecule has 2 atom stereocenters. The van der Waals surface area contributed by atoms with Gasteiger partial charge in [0, 0.05) is 6.04 Å². The quantitative estimate of drug-likeness (QED) is 0.734. The maximum Gasteiger partial charge on any atom is 0.0705 e. The lowest BCUT2D eigenvalue weighted by Crippen LogP contribution is -2.40. The Balaban J connectivity index is 3.89. The molecule has 0 aliphatic rings. The lowest BCUT2D eigenvalue weighted by molar-refractivity contribution is -0.0633. The number of hydrogen-bond donors (Lipinski definition) is 1. The third kappa shape index (κ3) is 7.03. The lowest BCUT2D eigenvalue weighted by atomic mass is 10.0. The Bertz CT molecular complexity index is 138. The minimum Gasteiger partial charge on any atom is -0.371 e. The molecule has 0 saturated heterocycles. The summed E-state index contributed by atoms with van der Waals surface area (Å²) in [6, 6.07) is 0.152. The second-order valence-corrected chi connectivity index (χ2v) is 5.23. The van der Waals surface area contributed by atoms with Crippen molar-refractivity contribution in [1.82, 2.24) is 0 Å². The van der Waals surface area contributed by atoms with Gasteiger partial charge in [-0.2, -0.15) is 0 Å². The molecular weight excluding hydrogens is 162 g/mol. The Morgan fingerprint density at radius 3 is 1.92 bits per heavy atom. The molecular formula is C11H25NO. The zero-order valence-electron chi connectivity index (χ0n) is 9.92. The SMILES string of the molecule is CC(C)CC(N)C(C)OC(C)(C)C. The highest BCUT2D eigenvalue weighted by Gasteiger charge is 2.20. The lowest BCUT2D eigenvalue weighted by Gasteiger charge is -2.29. The summed E-state index contributed by atoms with van der Waals surface area (Å²) in [4.78, 5) is 0. The van der Waals surface area contributed by atoms with Crippen LogP contribution in [-0.2, 0) is 4.74 Å². The van der Waals surface area contributed by atoms with Gasteiger partial charge in [0.2, 0.25) is 0 Å². The molecule has 0 fully saturated rings. The molecule has 13 heavy (non-hydrogen) atoms. The molecule has 0 rings (SSSR count). The minimum atomic E-state index is -0.0893. The Kier molecular flexibility index (Phi) is 4.93. The number of ether oxygens (including phenoxy) is 1. The summed E-state index contributed by atoms with van der Waals surface area (Å²) in [6.45, 7) is 12.6. The van der Waals surface area contributed by atoms with Gasteiger partial charge in [-0.1, -0.05) is 13.8 Å². The summed E-state index contributed by atoms with van der Waals surface area (Å²) in [7, 11) is 0. The molecule has 2 N–H and O–H groups in total. The van der Waals surface area contributed by atoms with Gasteiger partial charge in [-0.15, -0.1) is 0 Å². The maximum atomic E-state index is 6.00. The largest absolute Gasteiger partial charge is 0.371 e. The number of nitrogens with two attached hydrogens (primary N) is 1. The van der Waals surface area contributed by atoms with Crippen LogP contribution in [0.25, 0.3) is 0 Å². The van der Waals surface area contributed by atoms with Crippen molar-refractivity contribution >= 4 is 0 Å². The molecule has 0 aliphatic carbocycles. The van der Waals surface area contributed by atoms with E-state index in [2.05, 4.69) is 41.5 Å². The van der Waals surface area contributed by atoms with Crippen molar-refractivity contribution in [3.05, 3.63) is 0 Å². The third-order valence-electron chi connectivity index (χ3n) is 1.89. The molecule has 2 nitrogen and oxygen atoms in total. The van der Waals surface area contributed by atoms with Crippen LogP contribution < -0.4 is 5.73 Å². The van der Waals surface area contributed by atoms with Crippen molar-refractivity contribution in [2.24, 2.45) is 11.7 Å². The summed E-state index contributed by atoms with van der Waals surface area (Å²) in [5.41, 5.74) is 5.91. The predicted molar refractivity (Wildman–Crippen MR) is 57.7 cm³/mol. The van der Waals surface area contributed by atoms with Gasteiger partial charge < -0.3 is 10.5 Å². The van der Waals surface area contributed by atoms with Crippen LogP contribution in [0.15, 0.2) is 0 Å². The summed E-state index contributed by atoms with van der Waals surface area (Å²) in [5.74, 6) is 0.640. The van der Waals surface area contributed by atoms with E-state index in [9.17, 15) is 0 Å². The van der Waals surface area contributed by atoms with Gasteiger partial charge >= 0.3 is 0 Å². The van der Waals surface area contributed by atoms with E-state index in [-0.39, 0.29) is 17.7 Å². The van der Waals surface area contributed by atoms with E-state index in [1.807, 2.05) is 0 Å². The van der Waals surface area contributed by atoms with Gasteiger partial charge in [-0.3, -0.25) is 0 Å². The molecule has 0 heterocycles. The van der Waals surface area contributed by atoms with Crippen LogP contribution >= 0.6 is 0 Å². The van der Waals surface area contributed by atoms with Crippen molar-refractivity contribution in [2.45, 2.75) is 65.7 Å². The molecule has 0 aliphatic heterocycles. The van der Waals surface area contributed by atoms with Crippen LogP contribution in [0.2, 0.25) is 0 Å². The van der Waals surface area contributed by atoms with Crippen molar-refractivity contribution in [1.29, 1.82) is 0 Å². The third-order valence-corrected chi connectivity index (χ3v) is 1.89. The van der Waals surface area contributed by atoms with Gasteiger partial charge in [0.15, 0.2) is 0 Å². The van der Waals surface area contributed by atoms with Crippen molar-refractivity contribution in [3.8, 4) is 0 Å². The molecule has 0 spiro atoms. The fourth-order valence-corrected chi connectivity index (χ4v) is 1.38. The Morgan fingerprint density at radius 1 is 1.15 bits per heavy atom. The van der Waals surface area contributed by atoms with Crippen LogP contribution in [-0.4, -0.2) is 17.7 Å². The average Bonchev–Trinajstić information content (AvgIpc) is 1.81. The number of hydrogen-bond acceptors (Lipinski definition) is 2. The molecule has 80 valence electrons. The van der Waals surface area contributed by atoms with Gasteiger partial charge in [0.05, 0.1) is 11.7 Å². The minimum absolute atomic E-state index is 0.0893. The average molecular weight is 187 g/mol. The summed E-state index contributed by atoms with van der Waals surface area (Å²) < 4.78 is 5.78. The maximum absolute atomic E-state index is 6.00. The first-order chi connectivity index (χ1) is 5.72. The first kappa shape index (κ1) is 12.9. The van der Waals surface area contributed by atoms with Gasteiger partial charge in [-0.25, -0.2) is 0 Å². The second-order valence-electron chi connectivity index (χ2n) is 5.23. The zero-order valence-corrected chi connectivity index (χ0v) is 9.92. The van der Waals surface area contributed by atoms with E-state index in [4.69, 9.17) is 10.5 Å². The van der Waals surface area contributed by atoms with E-state index in [0.717, 1.165) is 6.42 Å². The first-order valence-electron chi connectivity index (χ1n) is 5.16. The molecule has 2 unspecified atom stereocenters. The van der Waals surface area contributed by atoms with E-state index in [1.165, 1.54) is 0 Å². The standard InChI is InChI=1S/C11H25NO/c1-8(2)7-10(12)9(3)13-11(4,5)6/h8-10H,7,12H2,1-6H3. The number of rotatable bonds is 4. The molecule has 0 aromatic heterocycles. The zero-order chi connectivity index (χ0) is 10.6. The van der Waals surface area contributed by atoms with Gasteiger partial charge in [-0.05, 0) is 40.0 Å². The smallest absolute Gasteiger partial charge is 0.0705 e. The highest BCUT2D eigenvalue weighted by atomic mass is 16.5. The Labute approximate surface area is 82.8 Å². The monoisotopic (exact) mass is 187 g/mol. The Morgan fingerprint density at radius 2 is 1.62 bits per heavy atom. The fraction of sp³-hybridized carbons (Fsp3) is 1.00. The van der Waals surface area contributed by atoms with Crippen molar-refractivity contribution < 1.29 is 4.74 Å². The Hall–Kier alpha value is -0.0800. The van der Waals surface area contributed by atoms with Gasteiger partial charge in [0.25, 0.3) is 0 Å². The van der Waals surface area contributed by atoms with Gasteiger partial charge in [0.1, 0.15) is 0 Å². The molecule has 0 bridgehead atoms. The van der Waals surface area contributed by atoms with Crippen LogP contribution in [0, 0.1) is 5.92 Å².